The molecule has 104 valence electrons. The van der Waals surface area contributed by atoms with Gasteiger partial charge in [-0.25, -0.2) is 0 Å². The monoisotopic (exact) mass is 259 g/mol. The Morgan fingerprint density at radius 2 is 2.00 bits per heavy atom. The first-order valence-corrected chi connectivity index (χ1v) is 7.40. The van der Waals surface area contributed by atoms with Crippen molar-refractivity contribution in [2.24, 2.45) is 11.7 Å². The minimum atomic E-state index is 0.144. The molecule has 1 unspecified atom stereocenters. The minimum absolute atomic E-state index is 0.144. The highest BCUT2D eigenvalue weighted by Crippen LogP contribution is 2.25. The third-order valence-corrected chi connectivity index (χ3v) is 4.09. The van der Waals surface area contributed by atoms with E-state index >= 15 is 0 Å². The summed E-state index contributed by atoms with van der Waals surface area (Å²) in [5, 5.41) is 7.42. The van der Waals surface area contributed by atoms with Crippen LogP contribution >= 0.6 is 0 Å². The molecule has 0 bridgehead atoms. The van der Waals surface area contributed by atoms with E-state index in [1.807, 2.05) is 12.1 Å². The summed E-state index contributed by atoms with van der Waals surface area (Å²) in [6, 6.07) is 8.09. The normalized spacial score (nSPS) is 20.1. The predicted octanol–water partition coefficient (Wildman–Crippen LogP) is 3.38. The van der Waals surface area contributed by atoms with Crippen molar-refractivity contribution in [3.63, 3.8) is 0 Å². The molecule has 0 aliphatic carbocycles. The van der Waals surface area contributed by atoms with Crippen LogP contribution in [0.3, 0.4) is 0 Å². The molecule has 3 N–H and O–H groups in total. The van der Waals surface area contributed by atoms with E-state index in [0.29, 0.717) is 0 Å². The summed E-state index contributed by atoms with van der Waals surface area (Å²) in [6.07, 6.45) is 6.65. The Bertz CT molecular complexity index is 411. The zero-order valence-corrected chi connectivity index (χ0v) is 11.9. The van der Waals surface area contributed by atoms with Crippen molar-refractivity contribution >= 4 is 11.5 Å². The Morgan fingerprint density at radius 1 is 1.26 bits per heavy atom. The lowest BCUT2D eigenvalue weighted by Gasteiger charge is -2.23. The molecule has 3 nitrogen and oxygen atoms in total. The molecule has 1 aromatic carbocycles. The standard InChI is InChI=1S/C16H25N3/c1-2-4-13-5-3-11-19(12-10-13)15-8-6-14(7-9-15)16(17)18/h6-9,13H,2-5,10-12H2,1H3,(H3,17,18). The predicted molar refractivity (Wildman–Crippen MR) is 81.9 cm³/mol. The number of nitrogens with two attached hydrogens (primary N) is 1. The van der Waals surface area contributed by atoms with Crippen LogP contribution in [0.1, 0.15) is 44.6 Å². The van der Waals surface area contributed by atoms with Crippen LogP contribution in [0.25, 0.3) is 0 Å². The molecular weight excluding hydrogens is 234 g/mol. The SMILES string of the molecule is CCCC1CCCN(c2ccc(C(=N)N)cc2)CC1. The first-order chi connectivity index (χ1) is 9.20. The second-order valence-corrected chi connectivity index (χ2v) is 5.53. The van der Waals surface area contributed by atoms with Gasteiger partial charge in [-0.05, 0) is 49.4 Å². The molecule has 2 rings (SSSR count). The fourth-order valence-corrected chi connectivity index (χ4v) is 2.97. The number of hydrogen-bond donors (Lipinski definition) is 2. The van der Waals surface area contributed by atoms with Gasteiger partial charge >= 0.3 is 0 Å². The summed E-state index contributed by atoms with van der Waals surface area (Å²) in [7, 11) is 0. The quantitative estimate of drug-likeness (QED) is 0.643. The van der Waals surface area contributed by atoms with Gasteiger partial charge in [0, 0.05) is 24.3 Å². The number of nitrogens with one attached hydrogen (secondary N) is 1. The smallest absolute Gasteiger partial charge is 0.122 e. The van der Waals surface area contributed by atoms with E-state index in [-0.39, 0.29) is 5.84 Å². The van der Waals surface area contributed by atoms with Crippen molar-refractivity contribution in [1.29, 1.82) is 5.41 Å². The maximum atomic E-state index is 7.42. The number of nitrogen functional groups attached to an aromatic ring is 1. The lowest BCUT2D eigenvalue weighted by molar-refractivity contribution is 0.435. The second-order valence-electron chi connectivity index (χ2n) is 5.53. The highest BCUT2D eigenvalue weighted by molar-refractivity contribution is 5.95. The second kappa shape index (κ2) is 6.60. The van der Waals surface area contributed by atoms with Crippen LogP contribution in [0, 0.1) is 11.3 Å². The number of rotatable bonds is 4. The molecule has 1 fully saturated rings. The van der Waals surface area contributed by atoms with Gasteiger partial charge in [0.2, 0.25) is 0 Å². The molecule has 1 heterocycles. The molecule has 0 spiro atoms. The van der Waals surface area contributed by atoms with Gasteiger partial charge in [-0.15, -0.1) is 0 Å². The Kier molecular flexibility index (Phi) is 4.83. The first-order valence-electron chi connectivity index (χ1n) is 7.40. The molecule has 0 saturated carbocycles. The summed E-state index contributed by atoms with van der Waals surface area (Å²) >= 11 is 0. The Hall–Kier alpha value is -1.51. The molecule has 0 aromatic heterocycles. The zero-order valence-electron chi connectivity index (χ0n) is 11.9. The molecule has 0 amide bonds. The van der Waals surface area contributed by atoms with Gasteiger partial charge in [0.25, 0.3) is 0 Å². The fraction of sp³-hybridized carbons (Fsp3) is 0.562. The lowest BCUT2D eigenvalue weighted by Crippen LogP contribution is -2.24. The number of nitrogens with zero attached hydrogens (tertiary/aromatic N) is 1. The van der Waals surface area contributed by atoms with Crippen molar-refractivity contribution < 1.29 is 0 Å². The van der Waals surface area contributed by atoms with E-state index in [1.165, 1.54) is 37.8 Å². The summed E-state index contributed by atoms with van der Waals surface area (Å²) in [6.45, 7) is 4.59. The Labute approximate surface area is 116 Å². The van der Waals surface area contributed by atoms with Gasteiger partial charge in [-0.2, -0.15) is 0 Å². The highest BCUT2D eigenvalue weighted by atomic mass is 15.1. The van der Waals surface area contributed by atoms with E-state index < -0.39 is 0 Å². The fourth-order valence-electron chi connectivity index (χ4n) is 2.97. The molecule has 1 saturated heterocycles. The molecule has 1 aliphatic rings. The van der Waals surface area contributed by atoms with Crippen LogP contribution in [0.4, 0.5) is 5.69 Å². The van der Waals surface area contributed by atoms with Gasteiger partial charge in [0.1, 0.15) is 5.84 Å². The molecule has 19 heavy (non-hydrogen) atoms. The van der Waals surface area contributed by atoms with Gasteiger partial charge in [0.05, 0.1) is 0 Å². The maximum Gasteiger partial charge on any atom is 0.122 e. The number of benzene rings is 1. The average molecular weight is 259 g/mol. The van der Waals surface area contributed by atoms with Crippen molar-refractivity contribution in [2.75, 3.05) is 18.0 Å². The van der Waals surface area contributed by atoms with Gasteiger partial charge in [-0.1, -0.05) is 19.8 Å². The van der Waals surface area contributed by atoms with Gasteiger partial charge in [0.15, 0.2) is 0 Å². The first kappa shape index (κ1) is 13.9. The van der Waals surface area contributed by atoms with E-state index in [4.69, 9.17) is 11.1 Å². The van der Waals surface area contributed by atoms with Crippen molar-refractivity contribution in [3.05, 3.63) is 29.8 Å². The molecule has 1 aromatic rings. The zero-order chi connectivity index (χ0) is 13.7. The topological polar surface area (TPSA) is 53.1 Å². The molecule has 0 radical (unpaired) electrons. The third-order valence-electron chi connectivity index (χ3n) is 4.09. The van der Waals surface area contributed by atoms with Gasteiger partial charge < -0.3 is 10.6 Å². The summed E-state index contributed by atoms with van der Waals surface area (Å²) < 4.78 is 0. The molecule has 1 atom stereocenters. The summed E-state index contributed by atoms with van der Waals surface area (Å²) in [5.74, 6) is 1.05. The van der Waals surface area contributed by atoms with Crippen LogP contribution in [0.15, 0.2) is 24.3 Å². The minimum Gasteiger partial charge on any atom is -0.384 e. The van der Waals surface area contributed by atoms with Crippen molar-refractivity contribution in [3.8, 4) is 0 Å². The molecular formula is C16H25N3. The number of anilines is 1. The van der Waals surface area contributed by atoms with Crippen molar-refractivity contribution in [1.82, 2.24) is 0 Å². The van der Waals surface area contributed by atoms with E-state index in [0.717, 1.165) is 24.6 Å². The lowest BCUT2D eigenvalue weighted by atomic mass is 9.96. The van der Waals surface area contributed by atoms with E-state index in [1.54, 1.807) is 0 Å². The van der Waals surface area contributed by atoms with Crippen LogP contribution in [-0.4, -0.2) is 18.9 Å². The third kappa shape index (κ3) is 3.72. The Balaban J connectivity index is 1.99. The van der Waals surface area contributed by atoms with Crippen LogP contribution in [0.2, 0.25) is 0 Å². The molecule has 1 aliphatic heterocycles. The maximum absolute atomic E-state index is 7.42. The Morgan fingerprint density at radius 3 is 2.63 bits per heavy atom. The summed E-state index contributed by atoms with van der Waals surface area (Å²) in [4.78, 5) is 2.47. The average Bonchev–Trinajstić information content (AvgIpc) is 2.65. The van der Waals surface area contributed by atoms with Crippen molar-refractivity contribution in [2.45, 2.75) is 39.0 Å². The van der Waals surface area contributed by atoms with E-state index in [9.17, 15) is 0 Å². The van der Waals surface area contributed by atoms with E-state index in [2.05, 4.69) is 24.0 Å². The van der Waals surface area contributed by atoms with Crippen LogP contribution in [-0.2, 0) is 0 Å². The van der Waals surface area contributed by atoms with Crippen LogP contribution < -0.4 is 10.6 Å². The van der Waals surface area contributed by atoms with Gasteiger partial charge in [-0.3, -0.25) is 5.41 Å². The number of amidine groups is 1. The largest absolute Gasteiger partial charge is 0.384 e. The summed E-state index contributed by atoms with van der Waals surface area (Å²) in [5.41, 5.74) is 7.56. The molecule has 3 heteroatoms. The number of hydrogen-bond acceptors (Lipinski definition) is 2. The van der Waals surface area contributed by atoms with Crippen LogP contribution in [0.5, 0.6) is 0 Å². The highest BCUT2D eigenvalue weighted by Gasteiger charge is 2.16.